The summed E-state index contributed by atoms with van der Waals surface area (Å²) in [4.78, 5) is 10.9. The second-order valence-electron chi connectivity index (χ2n) is 5.33. The average Bonchev–Trinajstić information content (AvgIpc) is 2.14. The van der Waals surface area contributed by atoms with Gasteiger partial charge in [0, 0.05) is 0 Å². The maximum atomic E-state index is 10.9. The third kappa shape index (κ3) is 3.87. The van der Waals surface area contributed by atoms with Gasteiger partial charge in [-0.1, -0.05) is 26.8 Å². The molecule has 4 nitrogen and oxygen atoms in total. The molecule has 0 aliphatic rings. The Morgan fingerprint density at radius 2 is 1.88 bits per heavy atom. The lowest BCUT2D eigenvalue weighted by atomic mass is 9.73. The first-order valence-corrected chi connectivity index (χ1v) is 5.43. The molecule has 0 radical (unpaired) electrons. The molecule has 1 aromatic carbocycles. The molecule has 0 atom stereocenters. The maximum absolute atomic E-state index is 10.9. The smallest absolute Gasteiger partial charge is 0.478 e. The van der Waals surface area contributed by atoms with Gasteiger partial charge in [-0.15, -0.1) is 0 Å². The summed E-state index contributed by atoms with van der Waals surface area (Å²) >= 11 is 0. The van der Waals surface area contributed by atoms with Gasteiger partial charge in [0.1, 0.15) is 0 Å². The van der Waals surface area contributed by atoms with Gasteiger partial charge in [0.25, 0.3) is 0 Å². The summed E-state index contributed by atoms with van der Waals surface area (Å²) in [5, 5.41) is 27.4. The molecule has 0 saturated carbocycles. The van der Waals surface area contributed by atoms with Crippen molar-refractivity contribution in [2.45, 2.75) is 27.2 Å². The zero-order chi connectivity index (χ0) is 13.2. The van der Waals surface area contributed by atoms with E-state index in [0.29, 0.717) is 17.4 Å². The predicted octanol–water partition coefficient (Wildman–Crippen LogP) is 0.653. The van der Waals surface area contributed by atoms with Crippen LogP contribution in [0.2, 0.25) is 0 Å². The fraction of sp³-hybridized carbons (Fsp3) is 0.417. The summed E-state index contributed by atoms with van der Waals surface area (Å²) in [6, 6.07) is 4.33. The summed E-state index contributed by atoms with van der Waals surface area (Å²) in [5.74, 6) is -1.01. The Labute approximate surface area is 101 Å². The minimum absolute atomic E-state index is 0.0548. The summed E-state index contributed by atoms with van der Waals surface area (Å²) in [6.07, 6.45) is 0.584. The molecule has 3 N–H and O–H groups in total. The number of carboxylic acids is 1. The van der Waals surface area contributed by atoms with Gasteiger partial charge < -0.3 is 15.2 Å². The van der Waals surface area contributed by atoms with Crippen molar-refractivity contribution >= 4 is 18.6 Å². The van der Waals surface area contributed by atoms with E-state index in [1.165, 1.54) is 18.2 Å². The summed E-state index contributed by atoms with van der Waals surface area (Å²) in [5.41, 5.74) is 1.13. The Morgan fingerprint density at radius 1 is 1.29 bits per heavy atom. The highest BCUT2D eigenvalue weighted by molar-refractivity contribution is 6.59. The molecule has 0 fully saturated rings. The summed E-state index contributed by atoms with van der Waals surface area (Å²) < 4.78 is 0. The third-order valence-electron chi connectivity index (χ3n) is 2.39. The highest BCUT2D eigenvalue weighted by Crippen LogP contribution is 2.20. The van der Waals surface area contributed by atoms with Crippen molar-refractivity contribution in [3.05, 3.63) is 29.3 Å². The topological polar surface area (TPSA) is 77.8 Å². The highest BCUT2D eigenvalue weighted by atomic mass is 16.4. The van der Waals surface area contributed by atoms with Gasteiger partial charge in [0.2, 0.25) is 0 Å². The van der Waals surface area contributed by atoms with Crippen LogP contribution in [0.25, 0.3) is 0 Å². The Balaban J connectivity index is 3.21. The molecule has 0 aromatic heterocycles. The fourth-order valence-electron chi connectivity index (χ4n) is 1.72. The maximum Gasteiger partial charge on any atom is 0.488 e. The lowest BCUT2D eigenvalue weighted by Gasteiger charge is -2.20. The van der Waals surface area contributed by atoms with Crippen molar-refractivity contribution < 1.29 is 19.9 Å². The van der Waals surface area contributed by atoms with Crippen molar-refractivity contribution in [3.8, 4) is 0 Å². The molecule has 1 rings (SSSR count). The van der Waals surface area contributed by atoms with Gasteiger partial charge in [0.15, 0.2) is 0 Å². The van der Waals surface area contributed by atoms with Crippen molar-refractivity contribution in [2.24, 2.45) is 5.41 Å². The lowest BCUT2D eigenvalue weighted by Crippen LogP contribution is -2.34. The van der Waals surface area contributed by atoms with Crippen molar-refractivity contribution in [1.29, 1.82) is 0 Å². The molecule has 92 valence electrons. The molecule has 0 aliphatic heterocycles. The van der Waals surface area contributed by atoms with Gasteiger partial charge in [-0.25, -0.2) is 4.79 Å². The second kappa shape index (κ2) is 4.90. The minimum Gasteiger partial charge on any atom is -0.478 e. The molecule has 0 amide bonds. The zero-order valence-corrected chi connectivity index (χ0v) is 10.3. The van der Waals surface area contributed by atoms with Crippen LogP contribution in [0.15, 0.2) is 18.2 Å². The van der Waals surface area contributed by atoms with Crippen LogP contribution in [0.3, 0.4) is 0 Å². The Bertz CT molecular complexity index is 421. The molecular weight excluding hydrogens is 219 g/mol. The van der Waals surface area contributed by atoms with Crippen LogP contribution in [-0.2, 0) is 6.42 Å². The van der Waals surface area contributed by atoms with Gasteiger partial charge in [-0.05, 0) is 35.0 Å². The molecule has 0 heterocycles. The first kappa shape index (κ1) is 13.7. The number of carbonyl (C=O) groups is 1. The normalized spacial score (nSPS) is 11.4. The van der Waals surface area contributed by atoms with Crippen LogP contribution in [0.4, 0.5) is 0 Å². The largest absolute Gasteiger partial charge is 0.488 e. The molecule has 1 aromatic rings. The Kier molecular flexibility index (Phi) is 3.96. The molecular formula is C12H17BO4. The lowest BCUT2D eigenvalue weighted by molar-refractivity contribution is 0.0696. The molecule has 17 heavy (non-hydrogen) atoms. The van der Waals surface area contributed by atoms with Crippen molar-refractivity contribution in [2.75, 3.05) is 0 Å². The molecule has 0 spiro atoms. The monoisotopic (exact) mass is 236 g/mol. The van der Waals surface area contributed by atoms with E-state index in [2.05, 4.69) is 0 Å². The van der Waals surface area contributed by atoms with E-state index in [-0.39, 0.29) is 11.0 Å². The first-order chi connectivity index (χ1) is 7.70. The van der Waals surface area contributed by atoms with Crippen LogP contribution < -0.4 is 5.46 Å². The van der Waals surface area contributed by atoms with Crippen LogP contribution in [0.5, 0.6) is 0 Å². The first-order valence-electron chi connectivity index (χ1n) is 5.43. The van der Waals surface area contributed by atoms with Gasteiger partial charge >= 0.3 is 13.1 Å². The van der Waals surface area contributed by atoms with Gasteiger partial charge in [0.05, 0.1) is 5.56 Å². The van der Waals surface area contributed by atoms with Gasteiger partial charge in [-0.2, -0.15) is 0 Å². The molecule has 5 heteroatoms. The number of carboxylic acid groups (broad SMARTS) is 1. The second-order valence-corrected chi connectivity index (χ2v) is 5.33. The van der Waals surface area contributed by atoms with Crippen molar-refractivity contribution in [3.63, 3.8) is 0 Å². The number of hydrogen-bond acceptors (Lipinski definition) is 3. The zero-order valence-electron chi connectivity index (χ0n) is 10.3. The van der Waals surface area contributed by atoms with Gasteiger partial charge in [-0.3, -0.25) is 0 Å². The molecule has 0 unspecified atom stereocenters. The van der Waals surface area contributed by atoms with E-state index in [0.717, 1.165) is 0 Å². The summed E-state index contributed by atoms with van der Waals surface area (Å²) in [6.45, 7) is 6.02. The van der Waals surface area contributed by atoms with E-state index in [1.807, 2.05) is 20.8 Å². The quantitative estimate of drug-likeness (QED) is 0.673. The summed E-state index contributed by atoms with van der Waals surface area (Å²) in [7, 11) is -1.57. The van der Waals surface area contributed by atoms with Crippen LogP contribution in [0.1, 0.15) is 36.7 Å². The molecule has 0 saturated heterocycles. The van der Waals surface area contributed by atoms with E-state index in [9.17, 15) is 14.8 Å². The predicted molar refractivity (Wildman–Crippen MR) is 66.4 cm³/mol. The van der Waals surface area contributed by atoms with E-state index < -0.39 is 13.1 Å². The SMILES string of the molecule is CC(C)(C)Cc1cc(C(=O)O)ccc1B(O)O. The fourth-order valence-corrected chi connectivity index (χ4v) is 1.72. The highest BCUT2D eigenvalue weighted by Gasteiger charge is 2.21. The van der Waals surface area contributed by atoms with E-state index in [1.54, 1.807) is 0 Å². The molecule has 0 bridgehead atoms. The Morgan fingerprint density at radius 3 is 2.29 bits per heavy atom. The van der Waals surface area contributed by atoms with E-state index in [4.69, 9.17) is 5.11 Å². The number of benzene rings is 1. The van der Waals surface area contributed by atoms with Crippen LogP contribution in [0, 0.1) is 5.41 Å². The number of hydrogen-bond donors (Lipinski definition) is 3. The number of aromatic carboxylic acids is 1. The van der Waals surface area contributed by atoms with E-state index >= 15 is 0 Å². The van der Waals surface area contributed by atoms with Crippen LogP contribution in [-0.4, -0.2) is 28.2 Å². The third-order valence-corrected chi connectivity index (χ3v) is 2.39. The van der Waals surface area contributed by atoms with Crippen molar-refractivity contribution in [1.82, 2.24) is 0 Å². The average molecular weight is 236 g/mol. The minimum atomic E-state index is -1.57. The molecule has 0 aliphatic carbocycles. The Hall–Kier alpha value is -1.33. The number of rotatable bonds is 3. The van der Waals surface area contributed by atoms with Crippen LogP contribution >= 0.6 is 0 Å². The standard InChI is InChI=1S/C12H17BO4/c1-12(2,3)7-9-6-8(11(14)15)4-5-10(9)13(16)17/h4-6,16-17H,7H2,1-3H3,(H,14,15).